The molecule has 0 spiro atoms. The first-order chi connectivity index (χ1) is 11.5. The summed E-state index contributed by atoms with van der Waals surface area (Å²) in [6.07, 6.45) is 0. The molecule has 1 heterocycles. The molecule has 24 heavy (non-hydrogen) atoms. The van der Waals surface area contributed by atoms with Gasteiger partial charge < -0.3 is 0 Å². The average Bonchev–Trinajstić information content (AvgIpc) is 2.78. The van der Waals surface area contributed by atoms with Crippen molar-refractivity contribution in [1.82, 2.24) is 0 Å². The van der Waals surface area contributed by atoms with Crippen LogP contribution in [0.5, 0.6) is 0 Å². The number of benzene rings is 3. The molecular weight excluding hydrogens is 352 g/mol. The summed E-state index contributed by atoms with van der Waals surface area (Å²) in [5, 5.41) is 0.815. The molecule has 0 aromatic heterocycles. The van der Waals surface area contributed by atoms with Crippen LogP contribution < -0.4 is 0 Å². The zero-order valence-electron chi connectivity index (χ0n) is 13.4. The van der Waals surface area contributed by atoms with Gasteiger partial charge in [-0.05, 0) is 58.7 Å². The number of hydrogen-bond donors (Lipinski definition) is 0. The summed E-state index contributed by atoms with van der Waals surface area (Å²) in [6, 6.07) is 19.7. The van der Waals surface area contributed by atoms with Crippen molar-refractivity contribution in [1.29, 1.82) is 0 Å². The first-order valence-electron chi connectivity index (χ1n) is 7.98. The molecule has 0 fully saturated rings. The van der Waals surface area contributed by atoms with Crippen LogP contribution >= 0.6 is 35.1 Å². The standard InChI is InChI=1S/C21H15ClS2/c1-21(2)15-9-12(22)7-8-13(15)14-10-19-20(11-16(14)21)24-18-6-4-3-5-17(18)23-19/h3-11H,1-2H3. The zero-order valence-corrected chi connectivity index (χ0v) is 15.8. The summed E-state index contributed by atoms with van der Waals surface area (Å²) in [4.78, 5) is 5.43. The third-order valence-corrected chi connectivity index (χ3v) is 7.75. The molecule has 1 aliphatic heterocycles. The summed E-state index contributed by atoms with van der Waals surface area (Å²) in [7, 11) is 0. The highest BCUT2D eigenvalue weighted by Crippen LogP contribution is 2.55. The van der Waals surface area contributed by atoms with Gasteiger partial charge in [0.2, 0.25) is 0 Å². The van der Waals surface area contributed by atoms with Crippen molar-refractivity contribution in [2.24, 2.45) is 0 Å². The van der Waals surface area contributed by atoms with E-state index in [9.17, 15) is 0 Å². The molecule has 0 bridgehead atoms. The Morgan fingerprint density at radius 1 is 0.708 bits per heavy atom. The lowest BCUT2D eigenvalue weighted by Crippen LogP contribution is -2.15. The summed E-state index contributed by atoms with van der Waals surface area (Å²) >= 11 is 10.0. The van der Waals surface area contributed by atoms with E-state index in [1.54, 1.807) is 0 Å². The van der Waals surface area contributed by atoms with Crippen LogP contribution in [-0.2, 0) is 5.41 Å². The Bertz CT molecular complexity index is 1000. The van der Waals surface area contributed by atoms with Gasteiger partial charge in [-0.15, -0.1) is 0 Å². The fourth-order valence-electron chi connectivity index (χ4n) is 3.73. The van der Waals surface area contributed by atoms with Gasteiger partial charge in [-0.1, -0.05) is 67.2 Å². The van der Waals surface area contributed by atoms with Gasteiger partial charge in [0.25, 0.3) is 0 Å². The Hall–Kier alpha value is -1.35. The van der Waals surface area contributed by atoms with E-state index in [-0.39, 0.29) is 5.41 Å². The van der Waals surface area contributed by atoms with Crippen molar-refractivity contribution in [2.45, 2.75) is 38.8 Å². The van der Waals surface area contributed by atoms with Crippen molar-refractivity contribution < 1.29 is 0 Å². The van der Waals surface area contributed by atoms with Crippen molar-refractivity contribution >= 4 is 35.1 Å². The Morgan fingerprint density at radius 2 is 1.33 bits per heavy atom. The number of halogens is 1. The van der Waals surface area contributed by atoms with Gasteiger partial charge in [-0.3, -0.25) is 0 Å². The molecule has 0 unspecified atom stereocenters. The van der Waals surface area contributed by atoms with Gasteiger partial charge in [0.05, 0.1) is 0 Å². The van der Waals surface area contributed by atoms with Gasteiger partial charge in [0, 0.05) is 30.0 Å². The molecule has 118 valence electrons. The Labute approximate surface area is 155 Å². The lowest BCUT2D eigenvalue weighted by Gasteiger charge is -2.24. The van der Waals surface area contributed by atoms with Crippen LogP contribution in [0.3, 0.4) is 0 Å². The van der Waals surface area contributed by atoms with E-state index >= 15 is 0 Å². The molecule has 3 aromatic carbocycles. The van der Waals surface area contributed by atoms with Gasteiger partial charge >= 0.3 is 0 Å². The van der Waals surface area contributed by atoms with Crippen LogP contribution in [0.4, 0.5) is 0 Å². The number of rotatable bonds is 0. The van der Waals surface area contributed by atoms with E-state index in [4.69, 9.17) is 11.6 Å². The van der Waals surface area contributed by atoms with E-state index in [0.717, 1.165) is 5.02 Å². The van der Waals surface area contributed by atoms with Gasteiger partial charge in [0.15, 0.2) is 0 Å². The maximum Gasteiger partial charge on any atom is 0.0409 e. The van der Waals surface area contributed by atoms with Gasteiger partial charge in [-0.2, -0.15) is 0 Å². The second kappa shape index (κ2) is 5.08. The van der Waals surface area contributed by atoms with Gasteiger partial charge in [-0.25, -0.2) is 0 Å². The summed E-state index contributed by atoms with van der Waals surface area (Å²) < 4.78 is 0. The van der Waals surface area contributed by atoms with E-state index in [1.807, 2.05) is 29.6 Å². The van der Waals surface area contributed by atoms with Crippen LogP contribution in [0.1, 0.15) is 25.0 Å². The fraction of sp³-hybridized carbons (Fsp3) is 0.143. The molecule has 5 rings (SSSR count). The highest BCUT2D eigenvalue weighted by Gasteiger charge is 2.37. The van der Waals surface area contributed by atoms with Crippen molar-refractivity contribution in [3.8, 4) is 11.1 Å². The van der Waals surface area contributed by atoms with Crippen LogP contribution in [0, 0.1) is 0 Å². The molecule has 0 saturated heterocycles. The maximum absolute atomic E-state index is 6.27. The summed E-state index contributed by atoms with van der Waals surface area (Å²) in [5.41, 5.74) is 5.42. The second-order valence-corrected chi connectivity index (χ2v) is 9.41. The summed E-state index contributed by atoms with van der Waals surface area (Å²) in [5.74, 6) is 0. The Balaban J connectivity index is 1.73. The molecule has 0 radical (unpaired) electrons. The molecule has 3 heteroatoms. The fourth-order valence-corrected chi connectivity index (χ4v) is 6.18. The molecule has 3 aromatic rings. The Morgan fingerprint density at radius 3 is 2.04 bits per heavy atom. The van der Waals surface area contributed by atoms with Gasteiger partial charge in [0.1, 0.15) is 0 Å². The molecule has 0 saturated carbocycles. The third-order valence-electron chi connectivity index (χ3n) is 4.99. The van der Waals surface area contributed by atoms with E-state index in [0.29, 0.717) is 0 Å². The lowest BCUT2D eigenvalue weighted by molar-refractivity contribution is 0.657. The number of fused-ring (bicyclic) bond motifs is 5. The predicted molar refractivity (Wildman–Crippen MR) is 104 cm³/mol. The first-order valence-corrected chi connectivity index (χ1v) is 9.99. The highest BCUT2D eigenvalue weighted by atomic mass is 35.5. The molecule has 2 aliphatic rings. The zero-order chi connectivity index (χ0) is 16.5. The van der Waals surface area contributed by atoms with Crippen LogP contribution in [0.2, 0.25) is 5.02 Å². The first kappa shape index (κ1) is 14.9. The third kappa shape index (κ3) is 2.03. The second-order valence-electron chi connectivity index (χ2n) is 6.81. The van der Waals surface area contributed by atoms with Crippen LogP contribution in [-0.4, -0.2) is 0 Å². The topological polar surface area (TPSA) is 0 Å². The minimum atomic E-state index is -0.00715. The summed E-state index contributed by atoms with van der Waals surface area (Å²) in [6.45, 7) is 4.60. The van der Waals surface area contributed by atoms with E-state index < -0.39 is 0 Å². The quantitative estimate of drug-likeness (QED) is 0.321. The predicted octanol–water partition coefficient (Wildman–Crippen LogP) is 7.26. The SMILES string of the molecule is CC1(C)c2cc(Cl)ccc2-c2cc3c(cc21)Sc1ccccc1S3. The minimum Gasteiger partial charge on any atom is -0.0877 e. The Kier molecular flexibility index (Phi) is 3.16. The minimum absolute atomic E-state index is 0.00715. The monoisotopic (exact) mass is 366 g/mol. The maximum atomic E-state index is 6.27. The van der Waals surface area contributed by atoms with Crippen molar-refractivity contribution in [3.63, 3.8) is 0 Å². The average molecular weight is 367 g/mol. The molecule has 0 amide bonds. The molecular formula is C21H15ClS2. The van der Waals surface area contributed by atoms with Crippen molar-refractivity contribution in [3.05, 3.63) is 70.7 Å². The van der Waals surface area contributed by atoms with E-state index in [2.05, 4.69) is 62.4 Å². The highest BCUT2D eigenvalue weighted by molar-refractivity contribution is 8.05. The van der Waals surface area contributed by atoms with Crippen LogP contribution in [0.15, 0.2) is 74.2 Å². The molecule has 0 atom stereocenters. The normalized spacial score (nSPS) is 16.1. The number of hydrogen-bond acceptors (Lipinski definition) is 2. The molecule has 0 N–H and O–H groups in total. The smallest absolute Gasteiger partial charge is 0.0409 e. The lowest BCUT2D eigenvalue weighted by atomic mass is 9.82. The van der Waals surface area contributed by atoms with E-state index in [1.165, 1.54) is 41.8 Å². The van der Waals surface area contributed by atoms with Crippen LogP contribution in [0.25, 0.3) is 11.1 Å². The van der Waals surface area contributed by atoms with Crippen molar-refractivity contribution in [2.75, 3.05) is 0 Å². The molecule has 1 aliphatic carbocycles. The molecule has 0 nitrogen and oxygen atoms in total. The largest absolute Gasteiger partial charge is 0.0877 e.